The fourth-order valence-electron chi connectivity index (χ4n) is 0.462. The first-order valence-corrected chi connectivity index (χ1v) is 3.40. The Kier molecular flexibility index (Phi) is 3.89. The molecule has 68 valence electrons. The molecule has 0 heterocycles. The molecular weight excluding hydrogens is 164 g/mol. The second kappa shape index (κ2) is 4.42. The van der Waals surface area contributed by atoms with Crippen LogP contribution < -0.4 is 0 Å². The second-order valence-corrected chi connectivity index (χ2v) is 2.44. The molecule has 0 saturated carbocycles. The number of hydrogen-bond acceptors (Lipinski definition) is 4. The van der Waals surface area contributed by atoms with Gasteiger partial charge in [0.25, 0.3) is 0 Å². The van der Waals surface area contributed by atoms with Crippen LogP contribution in [0.15, 0.2) is 12.2 Å². The minimum absolute atomic E-state index is 0.511. The fourth-order valence-corrected chi connectivity index (χ4v) is 0.462. The average molecular weight is 174 g/mol. The molecule has 0 N–H and O–H groups in total. The Hall–Kier alpha value is -1.46. The van der Waals surface area contributed by atoms with Gasteiger partial charge in [-0.05, 0) is 12.2 Å². The summed E-state index contributed by atoms with van der Waals surface area (Å²) in [4.78, 5) is 19.1. The van der Waals surface area contributed by atoms with E-state index in [1.807, 2.05) is 0 Å². The Morgan fingerprint density at radius 3 is 1.42 bits per heavy atom. The summed E-state index contributed by atoms with van der Waals surface area (Å²) >= 11 is 0. The van der Waals surface area contributed by atoms with Crippen molar-refractivity contribution in [1.82, 2.24) is 0 Å². The Labute approximate surface area is 69.2 Å². The van der Waals surface area contributed by atoms with E-state index in [-0.39, 0.29) is 0 Å². The zero-order valence-electron chi connectivity index (χ0n) is 6.84. The smallest absolute Gasteiger partial charge is 0.228 e. The van der Waals surface area contributed by atoms with Crippen LogP contribution in [0.2, 0.25) is 0 Å². The van der Waals surface area contributed by atoms with Crippen molar-refractivity contribution in [3.05, 3.63) is 32.4 Å². The Morgan fingerprint density at radius 2 is 1.25 bits per heavy atom. The molecule has 0 aliphatic rings. The third kappa shape index (κ3) is 3.65. The summed E-state index contributed by atoms with van der Waals surface area (Å²) < 4.78 is 0. The van der Waals surface area contributed by atoms with Gasteiger partial charge in [0, 0.05) is 23.7 Å². The predicted molar refractivity (Wildman–Crippen MR) is 42.1 cm³/mol. The predicted octanol–water partition coefficient (Wildman–Crippen LogP) is 0.873. The number of hydrogen-bond donors (Lipinski definition) is 0. The maximum Gasteiger partial charge on any atom is 0.228 e. The molecule has 0 amide bonds. The summed E-state index contributed by atoms with van der Waals surface area (Å²) in [6.45, 7) is 2.73. The Morgan fingerprint density at radius 1 is 1.00 bits per heavy atom. The fraction of sp³-hybridized carbons (Fsp3) is 0.667. The van der Waals surface area contributed by atoms with Crippen LogP contribution in [-0.4, -0.2) is 21.9 Å². The molecule has 0 spiro atoms. The molecule has 0 aromatic rings. The largest absolute Gasteiger partial charge is 0.264 e. The van der Waals surface area contributed by atoms with Crippen molar-refractivity contribution in [2.75, 3.05) is 0 Å². The highest BCUT2D eigenvalue weighted by molar-refractivity contribution is 4.90. The third-order valence-corrected chi connectivity index (χ3v) is 1.33. The van der Waals surface area contributed by atoms with E-state index in [1.54, 1.807) is 0 Å². The van der Waals surface area contributed by atoms with Crippen LogP contribution in [0.3, 0.4) is 0 Å². The van der Waals surface area contributed by atoms with Gasteiger partial charge in [0.15, 0.2) is 0 Å². The quantitative estimate of drug-likeness (QED) is 0.359. The molecule has 0 bridgehead atoms. The van der Waals surface area contributed by atoms with E-state index in [4.69, 9.17) is 0 Å². The lowest BCUT2D eigenvalue weighted by atomic mass is 10.2. The highest BCUT2D eigenvalue weighted by atomic mass is 16.6. The molecule has 0 aromatic heterocycles. The first kappa shape index (κ1) is 10.5. The minimum atomic E-state index is -0.868. The SMILES string of the molecule is C[C@H](/C=C/[C@@H](C)[N+](=O)[O-])[N+](=O)[O-]. The summed E-state index contributed by atoms with van der Waals surface area (Å²) in [6.07, 6.45) is 2.43. The molecule has 0 aliphatic carbocycles. The highest BCUT2D eigenvalue weighted by Gasteiger charge is 2.11. The van der Waals surface area contributed by atoms with Gasteiger partial charge in [0.1, 0.15) is 0 Å². The molecule has 0 fully saturated rings. The Bertz CT molecular complexity index is 192. The van der Waals surface area contributed by atoms with E-state index in [9.17, 15) is 20.2 Å². The summed E-state index contributed by atoms with van der Waals surface area (Å²) in [6, 6.07) is -1.74. The van der Waals surface area contributed by atoms with E-state index >= 15 is 0 Å². The lowest BCUT2D eigenvalue weighted by molar-refractivity contribution is -0.510. The highest BCUT2D eigenvalue weighted by Crippen LogP contribution is 1.95. The number of rotatable bonds is 4. The lowest BCUT2D eigenvalue weighted by Gasteiger charge is -1.97. The van der Waals surface area contributed by atoms with E-state index in [0.717, 1.165) is 0 Å². The van der Waals surface area contributed by atoms with Gasteiger partial charge in [-0.25, -0.2) is 0 Å². The topological polar surface area (TPSA) is 86.3 Å². The van der Waals surface area contributed by atoms with Crippen LogP contribution in [0.1, 0.15) is 13.8 Å². The van der Waals surface area contributed by atoms with Crippen LogP contribution in [0.4, 0.5) is 0 Å². The maximum atomic E-state index is 10.1. The van der Waals surface area contributed by atoms with Gasteiger partial charge in [-0.1, -0.05) is 0 Å². The molecule has 0 rings (SSSR count). The molecule has 0 aromatic carbocycles. The molecule has 0 aliphatic heterocycles. The lowest BCUT2D eigenvalue weighted by Crippen LogP contribution is -2.15. The monoisotopic (exact) mass is 174 g/mol. The average Bonchev–Trinajstić information content (AvgIpc) is 1.98. The van der Waals surface area contributed by atoms with Crippen molar-refractivity contribution in [2.24, 2.45) is 0 Å². The summed E-state index contributed by atoms with van der Waals surface area (Å²) in [5, 5.41) is 20.1. The number of nitro groups is 2. The minimum Gasteiger partial charge on any atom is -0.264 e. The van der Waals surface area contributed by atoms with E-state index in [2.05, 4.69) is 0 Å². The van der Waals surface area contributed by atoms with Crippen LogP contribution in [0, 0.1) is 20.2 Å². The normalized spacial score (nSPS) is 15.8. The molecule has 2 atom stereocenters. The first-order valence-electron chi connectivity index (χ1n) is 3.40. The van der Waals surface area contributed by atoms with Crippen LogP contribution in [0.25, 0.3) is 0 Å². The van der Waals surface area contributed by atoms with Gasteiger partial charge in [-0.2, -0.15) is 0 Å². The van der Waals surface area contributed by atoms with Crippen LogP contribution in [0.5, 0.6) is 0 Å². The molecule has 6 nitrogen and oxygen atoms in total. The maximum absolute atomic E-state index is 10.1. The van der Waals surface area contributed by atoms with E-state index in [0.29, 0.717) is 0 Å². The van der Waals surface area contributed by atoms with Crippen molar-refractivity contribution in [3.8, 4) is 0 Å². The Balaban J connectivity index is 4.06. The molecule has 0 saturated heterocycles. The van der Waals surface area contributed by atoms with Crippen molar-refractivity contribution >= 4 is 0 Å². The van der Waals surface area contributed by atoms with Crippen LogP contribution in [-0.2, 0) is 0 Å². The van der Waals surface area contributed by atoms with Gasteiger partial charge in [0.05, 0.1) is 0 Å². The molecular formula is C6H10N2O4. The summed E-state index contributed by atoms with van der Waals surface area (Å²) in [5.41, 5.74) is 0. The van der Waals surface area contributed by atoms with Gasteiger partial charge < -0.3 is 0 Å². The van der Waals surface area contributed by atoms with Crippen molar-refractivity contribution in [3.63, 3.8) is 0 Å². The van der Waals surface area contributed by atoms with Gasteiger partial charge in [0.2, 0.25) is 12.1 Å². The molecule has 6 heteroatoms. The standard InChI is InChI=1S/C6H10N2O4/c1-5(7(9)10)3-4-6(2)8(11)12/h3-6H,1-2H3/b4-3+/t5-,6-/m1/s1. The van der Waals surface area contributed by atoms with Crippen molar-refractivity contribution in [1.29, 1.82) is 0 Å². The molecule has 0 radical (unpaired) electrons. The van der Waals surface area contributed by atoms with E-state index in [1.165, 1.54) is 26.0 Å². The number of nitrogens with zero attached hydrogens (tertiary/aromatic N) is 2. The van der Waals surface area contributed by atoms with Gasteiger partial charge in [-0.3, -0.25) is 20.2 Å². The summed E-state index contributed by atoms with van der Waals surface area (Å²) in [7, 11) is 0. The van der Waals surface area contributed by atoms with Gasteiger partial charge >= 0.3 is 0 Å². The summed E-state index contributed by atoms with van der Waals surface area (Å²) in [5.74, 6) is 0. The molecule has 0 unspecified atom stereocenters. The third-order valence-electron chi connectivity index (χ3n) is 1.33. The zero-order chi connectivity index (χ0) is 9.72. The zero-order valence-corrected chi connectivity index (χ0v) is 6.84. The van der Waals surface area contributed by atoms with Crippen molar-refractivity contribution < 1.29 is 9.85 Å². The van der Waals surface area contributed by atoms with Gasteiger partial charge in [-0.15, -0.1) is 0 Å². The molecule has 12 heavy (non-hydrogen) atoms. The first-order chi connectivity index (χ1) is 5.45. The second-order valence-electron chi connectivity index (χ2n) is 2.44. The van der Waals surface area contributed by atoms with Crippen LogP contribution >= 0.6 is 0 Å². The van der Waals surface area contributed by atoms with E-state index < -0.39 is 21.9 Å². The van der Waals surface area contributed by atoms with Crippen molar-refractivity contribution in [2.45, 2.75) is 25.9 Å².